The molecule has 0 radical (unpaired) electrons. The lowest BCUT2D eigenvalue weighted by Gasteiger charge is -2.21. The number of hydrogen-bond donors (Lipinski definition) is 1. The maximum Gasteiger partial charge on any atom is 0.271 e. The van der Waals surface area contributed by atoms with Crippen LogP contribution in [-0.4, -0.2) is 41.8 Å². The zero-order valence-electron chi connectivity index (χ0n) is 15.1. The summed E-state index contributed by atoms with van der Waals surface area (Å²) >= 11 is 0. The molecule has 1 amide bonds. The van der Waals surface area contributed by atoms with Crippen molar-refractivity contribution in [2.75, 3.05) is 13.1 Å². The van der Waals surface area contributed by atoms with Crippen LogP contribution in [0, 0.1) is 0 Å². The van der Waals surface area contributed by atoms with Gasteiger partial charge in [0.25, 0.3) is 5.56 Å². The number of nitrogens with one attached hydrogen (secondary N) is 1. The Balaban J connectivity index is 2.28. The van der Waals surface area contributed by atoms with E-state index in [1.165, 1.54) is 22.6 Å². The third-order valence-electron chi connectivity index (χ3n) is 4.00. The molecule has 1 fully saturated rings. The van der Waals surface area contributed by atoms with E-state index in [-0.39, 0.29) is 17.3 Å². The summed E-state index contributed by atoms with van der Waals surface area (Å²) in [7, 11) is -3.84. The first-order valence-electron chi connectivity index (χ1n) is 8.62. The van der Waals surface area contributed by atoms with Crippen molar-refractivity contribution < 1.29 is 13.2 Å². The van der Waals surface area contributed by atoms with Crippen molar-refractivity contribution in [3.63, 3.8) is 0 Å². The topological polar surface area (TPSA) is 88.5 Å². The molecule has 140 valence electrons. The lowest BCUT2D eigenvalue weighted by Crippen LogP contribution is -2.44. The molecule has 1 aliphatic rings. The maximum absolute atomic E-state index is 12.8. The molecule has 1 N–H and O–H groups in total. The predicted octanol–water partition coefficient (Wildman–Crippen LogP) is 1.33. The molecule has 0 unspecified atom stereocenters. The SMILES string of the molecule is CC(C)(C)NC(=O)Cn1cccc(S(=O)(=O)N2CCCCCC2)c1=O. The van der Waals surface area contributed by atoms with Crippen LogP contribution < -0.4 is 10.9 Å². The normalized spacial score (nSPS) is 17.1. The minimum absolute atomic E-state index is 0.209. The highest BCUT2D eigenvalue weighted by Gasteiger charge is 2.28. The lowest BCUT2D eigenvalue weighted by molar-refractivity contribution is -0.123. The van der Waals surface area contributed by atoms with E-state index in [1.807, 2.05) is 20.8 Å². The van der Waals surface area contributed by atoms with Crippen molar-refractivity contribution in [1.29, 1.82) is 0 Å². The van der Waals surface area contributed by atoms with Crippen LogP contribution >= 0.6 is 0 Å². The number of aromatic nitrogens is 1. The highest BCUT2D eigenvalue weighted by atomic mass is 32.2. The molecule has 1 aromatic heterocycles. The first-order valence-corrected chi connectivity index (χ1v) is 10.1. The van der Waals surface area contributed by atoms with Gasteiger partial charge in [-0.3, -0.25) is 9.59 Å². The second-order valence-electron chi connectivity index (χ2n) is 7.42. The Labute approximate surface area is 149 Å². The van der Waals surface area contributed by atoms with Gasteiger partial charge in [0.2, 0.25) is 15.9 Å². The number of rotatable bonds is 4. The van der Waals surface area contributed by atoms with Crippen molar-refractivity contribution in [3.8, 4) is 0 Å². The fourth-order valence-corrected chi connectivity index (χ4v) is 4.47. The molecule has 25 heavy (non-hydrogen) atoms. The Morgan fingerprint density at radius 3 is 2.32 bits per heavy atom. The van der Waals surface area contributed by atoms with Crippen LogP contribution in [-0.2, 0) is 21.4 Å². The third-order valence-corrected chi connectivity index (χ3v) is 5.91. The number of hydrogen-bond acceptors (Lipinski definition) is 4. The Kier molecular flexibility index (Phi) is 6.05. The summed E-state index contributed by atoms with van der Waals surface area (Å²) in [6.07, 6.45) is 5.03. The molecule has 1 aliphatic heterocycles. The number of sulfonamides is 1. The minimum atomic E-state index is -3.84. The Morgan fingerprint density at radius 1 is 1.16 bits per heavy atom. The van der Waals surface area contributed by atoms with Crippen LogP contribution in [0.5, 0.6) is 0 Å². The fraction of sp³-hybridized carbons (Fsp3) is 0.647. The van der Waals surface area contributed by atoms with Crippen molar-refractivity contribution in [2.24, 2.45) is 0 Å². The molecule has 0 spiro atoms. The van der Waals surface area contributed by atoms with Crippen molar-refractivity contribution in [3.05, 3.63) is 28.7 Å². The van der Waals surface area contributed by atoms with Gasteiger partial charge in [-0.05, 0) is 45.7 Å². The van der Waals surface area contributed by atoms with E-state index in [9.17, 15) is 18.0 Å². The van der Waals surface area contributed by atoms with E-state index in [0.29, 0.717) is 13.1 Å². The van der Waals surface area contributed by atoms with Crippen LogP contribution in [0.1, 0.15) is 46.5 Å². The van der Waals surface area contributed by atoms with Crippen LogP contribution in [0.3, 0.4) is 0 Å². The largest absolute Gasteiger partial charge is 0.350 e. The van der Waals surface area contributed by atoms with Gasteiger partial charge < -0.3 is 9.88 Å². The van der Waals surface area contributed by atoms with Gasteiger partial charge >= 0.3 is 0 Å². The van der Waals surface area contributed by atoms with Crippen molar-refractivity contribution in [1.82, 2.24) is 14.2 Å². The summed E-state index contributed by atoms with van der Waals surface area (Å²) in [4.78, 5) is 24.4. The van der Waals surface area contributed by atoms with E-state index in [1.54, 1.807) is 0 Å². The van der Waals surface area contributed by atoms with Crippen LogP contribution in [0.2, 0.25) is 0 Å². The van der Waals surface area contributed by atoms with Gasteiger partial charge in [0.15, 0.2) is 0 Å². The van der Waals surface area contributed by atoms with Gasteiger partial charge in [-0.2, -0.15) is 4.31 Å². The van der Waals surface area contributed by atoms with E-state index >= 15 is 0 Å². The summed E-state index contributed by atoms with van der Waals surface area (Å²) in [5.41, 5.74) is -1.08. The Morgan fingerprint density at radius 2 is 1.76 bits per heavy atom. The predicted molar refractivity (Wildman–Crippen MR) is 95.8 cm³/mol. The van der Waals surface area contributed by atoms with E-state index < -0.39 is 21.1 Å². The molecular formula is C17H27N3O4S. The molecule has 7 nitrogen and oxygen atoms in total. The number of carbonyl (C=O) groups is 1. The molecule has 0 saturated carbocycles. The number of carbonyl (C=O) groups excluding carboxylic acids is 1. The molecule has 0 aliphatic carbocycles. The fourth-order valence-electron chi connectivity index (χ4n) is 2.87. The number of pyridine rings is 1. The summed E-state index contributed by atoms with van der Waals surface area (Å²) < 4.78 is 28.2. The monoisotopic (exact) mass is 369 g/mol. The number of amides is 1. The smallest absolute Gasteiger partial charge is 0.271 e. The molecule has 0 atom stereocenters. The average molecular weight is 369 g/mol. The maximum atomic E-state index is 12.8. The minimum Gasteiger partial charge on any atom is -0.350 e. The number of nitrogens with zero attached hydrogens (tertiary/aromatic N) is 2. The van der Waals surface area contributed by atoms with Gasteiger partial charge in [0.1, 0.15) is 11.4 Å². The molecule has 0 aromatic carbocycles. The van der Waals surface area contributed by atoms with Crippen LogP contribution in [0.4, 0.5) is 0 Å². The van der Waals surface area contributed by atoms with Gasteiger partial charge in [0.05, 0.1) is 0 Å². The summed E-state index contributed by atoms with van der Waals surface area (Å²) in [6, 6.07) is 2.82. The van der Waals surface area contributed by atoms with Gasteiger partial charge in [-0.25, -0.2) is 8.42 Å². The quantitative estimate of drug-likeness (QED) is 0.867. The first-order chi connectivity index (χ1) is 11.6. The molecule has 2 rings (SSSR count). The summed E-state index contributed by atoms with van der Waals surface area (Å²) in [6.45, 7) is 6.18. The van der Waals surface area contributed by atoms with E-state index in [0.717, 1.165) is 30.3 Å². The van der Waals surface area contributed by atoms with Crippen molar-refractivity contribution >= 4 is 15.9 Å². The second kappa shape index (κ2) is 7.70. The first kappa shape index (κ1) is 19.7. The molecule has 8 heteroatoms. The van der Waals surface area contributed by atoms with E-state index in [2.05, 4.69) is 5.32 Å². The standard InChI is InChI=1S/C17H27N3O4S/c1-17(2,3)18-15(21)13-19-10-8-9-14(16(19)22)25(23,24)20-11-6-4-5-7-12-20/h8-10H,4-7,11-13H2,1-3H3,(H,18,21). The van der Waals surface area contributed by atoms with E-state index in [4.69, 9.17) is 0 Å². The molecular weight excluding hydrogens is 342 g/mol. The average Bonchev–Trinajstić information content (AvgIpc) is 2.77. The van der Waals surface area contributed by atoms with Gasteiger partial charge in [0, 0.05) is 24.8 Å². The molecule has 0 bridgehead atoms. The Hall–Kier alpha value is -1.67. The van der Waals surface area contributed by atoms with Crippen LogP contribution in [0.15, 0.2) is 28.0 Å². The lowest BCUT2D eigenvalue weighted by atomic mass is 10.1. The molecule has 1 aromatic rings. The van der Waals surface area contributed by atoms with Gasteiger partial charge in [-0.1, -0.05) is 12.8 Å². The highest BCUT2D eigenvalue weighted by Crippen LogP contribution is 2.17. The third kappa shape index (κ3) is 5.15. The molecule has 2 heterocycles. The zero-order chi connectivity index (χ0) is 18.7. The zero-order valence-corrected chi connectivity index (χ0v) is 15.9. The Bertz CT molecular complexity index is 770. The van der Waals surface area contributed by atoms with Crippen molar-refractivity contribution in [2.45, 2.75) is 63.4 Å². The molecule has 1 saturated heterocycles. The summed E-state index contributed by atoms with van der Waals surface area (Å²) in [5, 5.41) is 2.77. The highest BCUT2D eigenvalue weighted by molar-refractivity contribution is 7.89. The summed E-state index contributed by atoms with van der Waals surface area (Å²) in [5.74, 6) is -0.334. The van der Waals surface area contributed by atoms with Gasteiger partial charge in [-0.15, -0.1) is 0 Å². The van der Waals surface area contributed by atoms with Crippen LogP contribution in [0.25, 0.3) is 0 Å². The second-order valence-corrected chi connectivity index (χ2v) is 9.33.